The number of alkyl halides is 6. The summed E-state index contributed by atoms with van der Waals surface area (Å²) in [4.78, 5) is -4.84. The van der Waals surface area contributed by atoms with E-state index in [1.807, 2.05) is 0 Å². The lowest BCUT2D eigenvalue weighted by atomic mass is 10.0. The van der Waals surface area contributed by atoms with E-state index in [1.165, 1.54) is 6.92 Å². The highest BCUT2D eigenvalue weighted by atomic mass is 32.2. The van der Waals surface area contributed by atoms with Crippen molar-refractivity contribution in [3.8, 4) is 5.75 Å². The average Bonchev–Trinajstić information content (AvgIpc) is 2.81. The van der Waals surface area contributed by atoms with Crippen molar-refractivity contribution < 1.29 is 78.4 Å². The predicted octanol–water partition coefficient (Wildman–Crippen LogP) is 3.29. The van der Waals surface area contributed by atoms with Crippen molar-refractivity contribution in [1.29, 1.82) is 0 Å². The van der Waals surface area contributed by atoms with Crippen LogP contribution in [0.4, 0.5) is 26.3 Å². The summed E-state index contributed by atoms with van der Waals surface area (Å²) < 4.78 is 218. The highest BCUT2D eigenvalue weighted by Gasteiger charge is 2.57. The number of sulfone groups is 1. The maximum absolute atomic E-state index is 15.0. The van der Waals surface area contributed by atoms with E-state index in [1.54, 1.807) is 0 Å². The van der Waals surface area contributed by atoms with Crippen molar-refractivity contribution in [2.75, 3.05) is 6.61 Å². The number of hydrogen-bond acceptors (Lipinski definition) is 9. The van der Waals surface area contributed by atoms with Gasteiger partial charge in [-0.15, -0.1) is 0 Å². The second-order valence-corrected chi connectivity index (χ2v) is 14.2. The minimum atomic E-state index is -6.78. The number of halogens is 6. The third-order valence-electron chi connectivity index (χ3n) is 5.29. The van der Waals surface area contributed by atoms with Crippen LogP contribution >= 0.6 is 0 Å². The van der Waals surface area contributed by atoms with E-state index in [-0.39, 0.29) is 30.9 Å². The Morgan fingerprint density at radius 2 is 1.05 bits per heavy atom. The summed E-state index contributed by atoms with van der Waals surface area (Å²) in [7, 11) is -26.7. The molecule has 2 aromatic rings. The molecule has 232 valence electrons. The van der Waals surface area contributed by atoms with E-state index in [0.717, 1.165) is 6.92 Å². The summed E-state index contributed by atoms with van der Waals surface area (Å²) in [5.41, 5.74) is -8.26. The van der Waals surface area contributed by atoms with Gasteiger partial charge in [-0.25, -0.2) is 8.42 Å². The SMILES string of the molecule is CCOc1ccc(S(=O)(=O)c2c(C(F)(F)S(=O)(=O)O)cc(CC)cc2C(F)(F)S(=O)(=O)O)c(C(F)(F)S(=O)(=O)O)c1. The molecule has 0 spiro atoms. The normalized spacial score (nSPS) is 14.2. The molecule has 0 heterocycles. The molecule has 0 aliphatic rings. The molecule has 0 amide bonds. The lowest BCUT2D eigenvalue weighted by molar-refractivity contribution is 0.0655. The highest BCUT2D eigenvalue weighted by Crippen LogP contribution is 2.49. The molecular weight excluding hydrogens is 662 g/mol. The van der Waals surface area contributed by atoms with Gasteiger partial charge in [0.05, 0.1) is 33.1 Å². The summed E-state index contributed by atoms with van der Waals surface area (Å²) in [6.07, 6.45) is -0.613. The molecule has 0 aromatic heterocycles. The Bertz CT molecular complexity index is 1740. The Labute approximate surface area is 229 Å². The Kier molecular flexibility index (Phi) is 9.01. The Balaban J connectivity index is 3.37. The molecule has 0 fully saturated rings. The largest absolute Gasteiger partial charge is 0.494 e. The topological polar surface area (TPSA) is 206 Å². The number of benzene rings is 2. The van der Waals surface area contributed by atoms with Gasteiger partial charge in [0.15, 0.2) is 0 Å². The van der Waals surface area contributed by atoms with Crippen LogP contribution in [0.15, 0.2) is 40.1 Å². The molecule has 22 heteroatoms. The van der Waals surface area contributed by atoms with Crippen molar-refractivity contribution in [3.05, 3.63) is 52.6 Å². The van der Waals surface area contributed by atoms with E-state index >= 15 is 0 Å². The molecule has 12 nitrogen and oxygen atoms in total. The average molecular weight is 681 g/mol. The second kappa shape index (κ2) is 10.6. The van der Waals surface area contributed by atoms with Gasteiger partial charge in [-0.1, -0.05) is 6.92 Å². The lowest BCUT2D eigenvalue weighted by Gasteiger charge is -2.25. The zero-order valence-electron chi connectivity index (χ0n) is 20.2. The van der Waals surface area contributed by atoms with Crippen LogP contribution < -0.4 is 4.74 Å². The lowest BCUT2D eigenvalue weighted by Crippen LogP contribution is -2.34. The van der Waals surface area contributed by atoms with Crippen LogP contribution in [0.3, 0.4) is 0 Å². The third kappa shape index (κ3) is 6.03. The number of hydrogen-bond donors (Lipinski definition) is 3. The Morgan fingerprint density at radius 1 is 0.659 bits per heavy atom. The van der Waals surface area contributed by atoms with Gasteiger partial charge >= 0.3 is 46.1 Å². The second-order valence-electron chi connectivity index (χ2n) is 7.94. The predicted molar refractivity (Wildman–Crippen MR) is 125 cm³/mol. The van der Waals surface area contributed by atoms with Gasteiger partial charge in [-0.3, -0.25) is 13.7 Å². The molecule has 2 aromatic carbocycles. The third-order valence-corrected chi connectivity index (χ3v) is 9.81. The molecule has 3 N–H and O–H groups in total. The summed E-state index contributed by atoms with van der Waals surface area (Å²) in [6.45, 7) is 2.00. The van der Waals surface area contributed by atoms with Crippen molar-refractivity contribution in [1.82, 2.24) is 0 Å². The standard InChI is InChI=1S/C19H18F6O12S4/c1-3-10-7-13(18(22,23)40(31,32)33)16(14(8-10)19(24,25)41(34,35)36)38(26,27)15-6-5-11(37-4-2)9-12(15)17(20,21)39(28,29)30/h5-9H,3-4H2,1-2H3,(H,28,29,30)(H,31,32,33)(H,34,35,36). The summed E-state index contributed by atoms with van der Waals surface area (Å²) in [5.74, 6) is -0.724. The zero-order valence-corrected chi connectivity index (χ0v) is 23.5. The summed E-state index contributed by atoms with van der Waals surface area (Å²) >= 11 is 0. The quantitative estimate of drug-likeness (QED) is 0.231. The van der Waals surface area contributed by atoms with E-state index in [2.05, 4.69) is 0 Å². The molecule has 0 atom stereocenters. The molecule has 2 rings (SSSR count). The molecule has 41 heavy (non-hydrogen) atoms. The van der Waals surface area contributed by atoms with Gasteiger partial charge in [0.2, 0.25) is 9.84 Å². The van der Waals surface area contributed by atoms with Crippen LogP contribution in [-0.4, -0.2) is 53.9 Å². The Hall–Kier alpha value is -2.50. The van der Waals surface area contributed by atoms with Crippen LogP contribution in [0, 0.1) is 0 Å². The molecule has 0 bridgehead atoms. The Morgan fingerprint density at radius 3 is 1.39 bits per heavy atom. The van der Waals surface area contributed by atoms with Crippen LogP contribution in [0.25, 0.3) is 0 Å². The van der Waals surface area contributed by atoms with Gasteiger partial charge in [0.25, 0.3) is 0 Å². The van der Waals surface area contributed by atoms with E-state index in [4.69, 9.17) is 18.4 Å². The van der Waals surface area contributed by atoms with Crippen LogP contribution in [0.1, 0.15) is 36.1 Å². The number of rotatable bonds is 11. The molecule has 0 saturated carbocycles. The molecular formula is C19H18F6O12S4. The number of ether oxygens (including phenoxy) is 1. The molecule has 0 saturated heterocycles. The maximum atomic E-state index is 15.0. The fraction of sp³-hybridized carbons (Fsp3) is 0.368. The monoisotopic (exact) mass is 680 g/mol. The van der Waals surface area contributed by atoms with Crippen LogP contribution in [0.5, 0.6) is 5.75 Å². The zero-order chi connectivity index (χ0) is 32.2. The summed E-state index contributed by atoms with van der Waals surface area (Å²) in [5, 5.41) is -17.4. The van der Waals surface area contributed by atoms with E-state index in [0.29, 0.717) is 6.07 Å². The minimum Gasteiger partial charge on any atom is -0.494 e. The van der Waals surface area contributed by atoms with Gasteiger partial charge in [0, 0.05) is 0 Å². The fourth-order valence-corrected chi connectivity index (χ4v) is 6.78. The van der Waals surface area contributed by atoms with Crippen LogP contribution in [-0.2, 0) is 62.4 Å². The molecule has 0 radical (unpaired) electrons. The van der Waals surface area contributed by atoms with E-state index in [9.17, 15) is 60.0 Å². The first-order chi connectivity index (χ1) is 18.2. The molecule has 0 aliphatic carbocycles. The summed E-state index contributed by atoms with van der Waals surface area (Å²) in [6, 6.07) is 0.319. The molecule has 0 unspecified atom stereocenters. The minimum absolute atomic E-state index is 0.0211. The van der Waals surface area contributed by atoms with Crippen molar-refractivity contribution in [3.63, 3.8) is 0 Å². The first-order valence-electron chi connectivity index (χ1n) is 10.4. The highest BCUT2D eigenvalue weighted by molar-refractivity contribution is 7.92. The van der Waals surface area contributed by atoms with Crippen LogP contribution in [0.2, 0.25) is 0 Å². The van der Waals surface area contributed by atoms with Gasteiger partial charge in [-0.2, -0.15) is 51.6 Å². The van der Waals surface area contributed by atoms with Crippen molar-refractivity contribution in [2.45, 2.75) is 45.8 Å². The van der Waals surface area contributed by atoms with Gasteiger partial charge in [-0.05, 0) is 49.2 Å². The first-order valence-corrected chi connectivity index (χ1v) is 16.2. The van der Waals surface area contributed by atoms with Gasteiger partial charge < -0.3 is 4.74 Å². The van der Waals surface area contributed by atoms with Crippen molar-refractivity contribution in [2.24, 2.45) is 0 Å². The van der Waals surface area contributed by atoms with Gasteiger partial charge in [0.1, 0.15) is 5.75 Å². The molecule has 0 aliphatic heterocycles. The first kappa shape index (κ1) is 34.7. The smallest absolute Gasteiger partial charge is 0.396 e. The van der Waals surface area contributed by atoms with E-state index < -0.39 is 100 Å². The fourth-order valence-electron chi connectivity index (χ4n) is 3.37. The maximum Gasteiger partial charge on any atom is 0.396 e. The number of aryl methyl sites for hydroxylation is 1. The van der Waals surface area contributed by atoms with Crippen molar-refractivity contribution >= 4 is 40.2 Å².